The van der Waals surface area contributed by atoms with Crippen LogP contribution in [0.15, 0.2) is 0 Å². The zero-order valence-corrected chi connectivity index (χ0v) is 11.5. The smallest absolute Gasteiger partial charge is 0.309 e. The summed E-state index contributed by atoms with van der Waals surface area (Å²) in [5.41, 5.74) is -0.376. The van der Waals surface area contributed by atoms with Crippen LogP contribution in [0.4, 0.5) is 0 Å². The molecule has 0 aromatic carbocycles. The van der Waals surface area contributed by atoms with Crippen molar-refractivity contribution in [2.75, 3.05) is 0 Å². The topological polar surface area (TPSA) is 37.3 Å². The maximum atomic E-state index is 11.5. The average molecular weight is 240 g/mol. The highest BCUT2D eigenvalue weighted by molar-refractivity contribution is 5.74. The van der Waals surface area contributed by atoms with Gasteiger partial charge in [-0.05, 0) is 38.0 Å². The third-order valence-corrected chi connectivity index (χ3v) is 4.44. The van der Waals surface area contributed by atoms with E-state index in [1.165, 1.54) is 25.7 Å². The van der Waals surface area contributed by atoms with Crippen molar-refractivity contribution in [1.29, 1.82) is 0 Å². The van der Waals surface area contributed by atoms with Gasteiger partial charge in [-0.2, -0.15) is 0 Å². The lowest BCUT2D eigenvalue weighted by Gasteiger charge is -2.35. The van der Waals surface area contributed by atoms with E-state index in [0.717, 1.165) is 44.4 Å². The molecule has 0 atom stereocenters. The van der Waals surface area contributed by atoms with Crippen LogP contribution in [0.2, 0.25) is 0 Å². The third-order valence-electron chi connectivity index (χ3n) is 4.44. The standard InChI is InChI=1S/C15H28O2/c1-3-4-5-6-7-10-15(14(16)17)11-8-13(2)9-12-15/h13H,3-12H2,1-2H3,(H,16,17). The summed E-state index contributed by atoms with van der Waals surface area (Å²) in [6.45, 7) is 4.45. The molecule has 100 valence electrons. The number of hydrogen-bond donors (Lipinski definition) is 1. The van der Waals surface area contributed by atoms with Gasteiger partial charge in [0.2, 0.25) is 0 Å². The molecule has 0 amide bonds. The van der Waals surface area contributed by atoms with E-state index in [4.69, 9.17) is 0 Å². The Morgan fingerprint density at radius 2 is 1.76 bits per heavy atom. The van der Waals surface area contributed by atoms with Gasteiger partial charge in [0.25, 0.3) is 0 Å². The SMILES string of the molecule is CCCCCCCC1(C(=O)O)CCC(C)CC1. The minimum absolute atomic E-state index is 0.376. The summed E-state index contributed by atoms with van der Waals surface area (Å²) in [6.07, 6.45) is 11.0. The third kappa shape index (κ3) is 4.33. The quantitative estimate of drug-likeness (QED) is 0.659. The van der Waals surface area contributed by atoms with Crippen LogP contribution in [-0.4, -0.2) is 11.1 Å². The largest absolute Gasteiger partial charge is 0.481 e. The summed E-state index contributed by atoms with van der Waals surface area (Å²) in [7, 11) is 0. The van der Waals surface area contributed by atoms with E-state index in [1.807, 2.05) is 0 Å². The molecule has 1 fully saturated rings. The van der Waals surface area contributed by atoms with Crippen molar-refractivity contribution in [3.8, 4) is 0 Å². The molecular weight excluding hydrogens is 212 g/mol. The van der Waals surface area contributed by atoms with Crippen LogP contribution in [0, 0.1) is 11.3 Å². The van der Waals surface area contributed by atoms with E-state index < -0.39 is 5.97 Å². The van der Waals surface area contributed by atoms with Gasteiger partial charge in [-0.15, -0.1) is 0 Å². The first kappa shape index (κ1) is 14.5. The van der Waals surface area contributed by atoms with Crippen LogP contribution in [0.5, 0.6) is 0 Å². The van der Waals surface area contributed by atoms with Gasteiger partial charge in [-0.3, -0.25) is 4.79 Å². The number of rotatable bonds is 7. The fourth-order valence-corrected chi connectivity index (χ4v) is 2.95. The molecule has 0 radical (unpaired) electrons. The maximum absolute atomic E-state index is 11.5. The Hall–Kier alpha value is -0.530. The van der Waals surface area contributed by atoms with E-state index in [0.29, 0.717) is 0 Å². The Morgan fingerprint density at radius 1 is 1.18 bits per heavy atom. The zero-order chi connectivity index (χ0) is 12.7. The van der Waals surface area contributed by atoms with Crippen molar-refractivity contribution in [2.45, 2.75) is 78.1 Å². The first-order valence-electron chi connectivity index (χ1n) is 7.34. The molecule has 1 aliphatic rings. The van der Waals surface area contributed by atoms with E-state index in [9.17, 15) is 9.90 Å². The van der Waals surface area contributed by atoms with Gasteiger partial charge in [0.15, 0.2) is 0 Å². The predicted octanol–water partition coefficient (Wildman–Crippen LogP) is 4.63. The molecule has 0 saturated heterocycles. The number of aliphatic carboxylic acids is 1. The zero-order valence-electron chi connectivity index (χ0n) is 11.5. The fourth-order valence-electron chi connectivity index (χ4n) is 2.95. The molecule has 0 aromatic rings. The van der Waals surface area contributed by atoms with E-state index in [2.05, 4.69) is 13.8 Å². The van der Waals surface area contributed by atoms with Crippen molar-refractivity contribution >= 4 is 5.97 Å². The molecule has 1 aliphatic carbocycles. The molecule has 0 bridgehead atoms. The molecule has 0 spiro atoms. The predicted molar refractivity (Wildman–Crippen MR) is 71.1 cm³/mol. The van der Waals surface area contributed by atoms with Crippen LogP contribution < -0.4 is 0 Å². The summed E-state index contributed by atoms with van der Waals surface area (Å²) in [4.78, 5) is 11.5. The molecule has 0 unspecified atom stereocenters. The van der Waals surface area contributed by atoms with Crippen molar-refractivity contribution in [3.63, 3.8) is 0 Å². The molecule has 1 saturated carbocycles. The van der Waals surface area contributed by atoms with E-state index >= 15 is 0 Å². The number of carbonyl (C=O) groups is 1. The van der Waals surface area contributed by atoms with Gasteiger partial charge in [-0.25, -0.2) is 0 Å². The second kappa shape index (κ2) is 7.03. The molecule has 1 rings (SSSR count). The van der Waals surface area contributed by atoms with Crippen molar-refractivity contribution in [3.05, 3.63) is 0 Å². The first-order chi connectivity index (χ1) is 8.10. The maximum Gasteiger partial charge on any atom is 0.309 e. The number of carboxylic acids is 1. The molecule has 1 N–H and O–H groups in total. The Morgan fingerprint density at radius 3 is 2.29 bits per heavy atom. The number of hydrogen-bond acceptors (Lipinski definition) is 1. The van der Waals surface area contributed by atoms with Crippen LogP contribution in [0.3, 0.4) is 0 Å². The summed E-state index contributed by atoms with van der Waals surface area (Å²) in [5, 5.41) is 9.48. The lowest BCUT2D eigenvalue weighted by Crippen LogP contribution is -2.35. The Balaban J connectivity index is 2.35. The highest BCUT2D eigenvalue weighted by atomic mass is 16.4. The van der Waals surface area contributed by atoms with Crippen molar-refractivity contribution in [2.24, 2.45) is 11.3 Å². The Labute approximate surface area is 106 Å². The number of unbranched alkanes of at least 4 members (excludes halogenated alkanes) is 4. The van der Waals surface area contributed by atoms with Crippen LogP contribution >= 0.6 is 0 Å². The first-order valence-corrected chi connectivity index (χ1v) is 7.34. The van der Waals surface area contributed by atoms with Gasteiger partial charge < -0.3 is 5.11 Å². The van der Waals surface area contributed by atoms with Crippen LogP contribution in [0.1, 0.15) is 78.1 Å². The Kier molecular flexibility index (Phi) is 6.01. The molecular formula is C15H28O2. The monoisotopic (exact) mass is 240 g/mol. The van der Waals surface area contributed by atoms with E-state index in [1.54, 1.807) is 0 Å². The summed E-state index contributed by atoms with van der Waals surface area (Å²) in [6, 6.07) is 0. The number of carboxylic acid groups (broad SMARTS) is 1. The summed E-state index contributed by atoms with van der Waals surface area (Å²) >= 11 is 0. The highest BCUT2D eigenvalue weighted by Crippen LogP contribution is 2.42. The normalized spacial score (nSPS) is 29.2. The average Bonchev–Trinajstić information content (AvgIpc) is 2.31. The lowest BCUT2D eigenvalue weighted by atomic mass is 9.68. The van der Waals surface area contributed by atoms with Crippen LogP contribution in [-0.2, 0) is 4.79 Å². The Bertz CT molecular complexity index is 227. The summed E-state index contributed by atoms with van der Waals surface area (Å²) in [5.74, 6) is 0.183. The molecule has 2 heteroatoms. The lowest BCUT2D eigenvalue weighted by molar-refractivity contribution is -0.152. The minimum atomic E-state index is -0.542. The second-order valence-corrected chi connectivity index (χ2v) is 5.93. The highest BCUT2D eigenvalue weighted by Gasteiger charge is 2.40. The summed E-state index contributed by atoms with van der Waals surface area (Å²) < 4.78 is 0. The minimum Gasteiger partial charge on any atom is -0.481 e. The fraction of sp³-hybridized carbons (Fsp3) is 0.933. The van der Waals surface area contributed by atoms with Gasteiger partial charge >= 0.3 is 5.97 Å². The molecule has 17 heavy (non-hydrogen) atoms. The molecule has 0 aromatic heterocycles. The van der Waals surface area contributed by atoms with Gasteiger partial charge in [0.1, 0.15) is 0 Å². The molecule has 2 nitrogen and oxygen atoms in total. The van der Waals surface area contributed by atoms with Crippen LogP contribution in [0.25, 0.3) is 0 Å². The van der Waals surface area contributed by atoms with Gasteiger partial charge in [-0.1, -0.05) is 46.0 Å². The van der Waals surface area contributed by atoms with Gasteiger partial charge in [0.05, 0.1) is 5.41 Å². The molecule has 0 aliphatic heterocycles. The van der Waals surface area contributed by atoms with Gasteiger partial charge in [0, 0.05) is 0 Å². The van der Waals surface area contributed by atoms with E-state index in [-0.39, 0.29) is 5.41 Å². The molecule has 0 heterocycles. The van der Waals surface area contributed by atoms with Crippen molar-refractivity contribution < 1.29 is 9.90 Å². The second-order valence-electron chi connectivity index (χ2n) is 5.93. The van der Waals surface area contributed by atoms with Crippen molar-refractivity contribution in [1.82, 2.24) is 0 Å².